The standard InChI is InChI=1S/C9H12O4/c1-2-9(12,5-8(10)11)7-3-4-13-6-7/h3-4,6,12H,2,5H2,1H3,(H,10,11)/t9-/m0/s1. The number of carbonyl (C=O) groups is 1. The lowest BCUT2D eigenvalue weighted by Crippen LogP contribution is -2.27. The zero-order valence-corrected chi connectivity index (χ0v) is 7.36. The molecule has 0 radical (unpaired) electrons. The molecule has 2 N–H and O–H groups in total. The second-order valence-corrected chi connectivity index (χ2v) is 2.97. The average Bonchev–Trinajstić information content (AvgIpc) is 2.55. The quantitative estimate of drug-likeness (QED) is 0.741. The van der Waals surface area contributed by atoms with Crippen molar-refractivity contribution in [1.29, 1.82) is 0 Å². The Balaban J connectivity index is 2.87. The van der Waals surface area contributed by atoms with Crippen LogP contribution in [0.1, 0.15) is 25.3 Å². The molecule has 0 aliphatic heterocycles. The van der Waals surface area contributed by atoms with E-state index in [2.05, 4.69) is 0 Å². The van der Waals surface area contributed by atoms with Gasteiger partial charge in [0.25, 0.3) is 0 Å². The number of hydrogen-bond acceptors (Lipinski definition) is 3. The van der Waals surface area contributed by atoms with E-state index in [9.17, 15) is 9.90 Å². The molecule has 0 unspecified atom stereocenters. The second kappa shape index (κ2) is 3.62. The first-order valence-electron chi connectivity index (χ1n) is 4.05. The summed E-state index contributed by atoms with van der Waals surface area (Å²) in [5, 5.41) is 18.5. The highest BCUT2D eigenvalue weighted by atomic mass is 16.4. The molecular formula is C9H12O4. The molecule has 4 nitrogen and oxygen atoms in total. The molecule has 0 aliphatic carbocycles. The maximum absolute atomic E-state index is 10.5. The van der Waals surface area contributed by atoms with Gasteiger partial charge < -0.3 is 14.6 Å². The van der Waals surface area contributed by atoms with Crippen LogP contribution in [0.2, 0.25) is 0 Å². The second-order valence-electron chi connectivity index (χ2n) is 2.97. The van der Waals surface area contributed by atoms with Crippen molar-refractivity contribution in [3.8, 4) is 0 Å². The molecule has 1 atom stereocenters. The van der Waals surface area contributed by atoms with E-state index in [1.54, 1.807) is 13.0 Å². The monoisotopic (exact) mass is 184 g/mol. The molecule has 0 saturated heterocycles. The molecule has 0 saturated carbocycles. The van der Waals surface area contributed by atoms with E-state index in [1.165, 1.54) is 12.5 Å². The van der Waals surface area contributed by atoms with Crippen LogP contribution in [0.4, 0.5) is 0 Å². The Bertz CT molecular complexity index is 278. The van der Waals surface area contributed by atoms with Gasteiger partial charge in [-0.25, -0.2) is 0 Å². The van der Waals surface area contributed by atoms with Crippen LogP contribution in [-0.4, -0.2) is 16.2 Å². The van der Waals surface area contributed by atoms with Gasteiger partial charge in [0, 0.05) is 5.56 Å². The molecule has 1 heterocycles. The third-order valence-corrected chi connectivity index (χ3v) is 2.09. The molecule has 1 aromatic rings. The van der Waals surface area contributed by atoms with Crippen molar-refractivity contribution in [2.45, 2.75) is 25.4 Å². The third-order valence-electron chi connectivity index (χ3n) is 2.09. The summed E-state index contributed by atoms with van der Waals surface area (Å²) in [5.74, 6) is -1.02. The predicted octanol–water partition coefficient (Wildman–Crippen LogP) is 1.35. The molecule has 1 aromatic heterocycles. The van der Waals surface area contributed by atoms with Crippen molar-refractivity contribution in [1.82, 2.24) is 0 Å². The number of aliphatic carboxylic acids is 1. The molecule has 0 aromatic carbocycles. The smallest absolute Gasteiger partial charge is 0.306 e. The van der Waals surface area contributed by atoms with Crippen LogP contribution in [-0.2, 0) is 10.4 Å². The van der Waals surface area contributed by atoms with Crippen LogP contribution in [0.3, 0.4) is 0 Å². The number of carboxylic acids is 1. The molecule has 0 spiro atoms. The fourth-order valence-electron chi connectivity index (χ4n) is 1.21. The number of rotatable bonds is 4. The van der Waals surface area contributed by atoms with E-state index in [1.807, 2.05) is 0 Å². The van der Waals surface area contributed by atoms with Crippen LogP contribution < -0.4 is 0 Å². The summed E-state index contributed by atoms with van der Waals surface area (Å²) in [6.07, 6.45) is 2.83. The largest absolute Gasteiger partial charge is 0.481 e. The zero-order valence-electron chi connectivity index (χ0n) is 7.36. The zero-order chi connectivity index (χ0) is 9.90. The molecule has 72 valence electrons. The summed E-state index contributed by atoms with van der Waals surface area (Å²) in [6.45, 7) is 1.73. The van der Waals surface area contributed by atoms with Crippen LogP contribution in [0, 0.1) is 0 Å². The molecular weight excluding hydrogens is 172 g/mol. The van der Waals surface area contributed by atoms with Crippen molar-refractivity contribution < 1.29 is 19.4 Å². The fourth-order valence-corrected chi connectivity index (χ4v) is 1.21. The first-order chi connectivity index (χ1) is 6.08. The van der Waals surface area contributed by atoms with E-state index < -0.39 is 11.6 Å². The lowest BCUT2D eigenvalue weighted by Gasteiger charge is -2.22. The van der Waals surface area contributed by atoms with E-state index in [4.69, 9.17) is 9.52 Å². The average molecular weight is 184 g/mol. The normalized spacial score (nSPS) is 15.2. The Morgan fingerprint density at radius 2 is 2.38 bits per heavy atom. The summed E-state index contributed by atoms with van der Waals surface area (Å²) in [7, 11) is 0. The Labute approximate surface area is 75.8 Å². The molecule has 0 aliphatic rings. The van der Waals surface area contributed by atoms with Gasteiger partial charge in [-0.1, -0.05) is 6.92 Å². The number of hydrogen-bond donors (Lipinski definition) is 2. The summed E-state index contributed by atoms with van der Waals surface area (Å²) < 4.78 is 4.79. The van der Waals surface area contributed by atoms with Crippen molar-refractivity contribution in [2.75, 3.05) is 0 Å². The molecule has 4 heteroatoms. The van der Waals surface area contributed by atoms with Gasteiger partial charge in [0.2, 0.25) is 0 Å². The maximum Gasteiger partial charge on any atom is 0.306 e. The van der Waals surface area contributed by atoms with Crippen LogP contribution in [0.15, 0.2) is 23.0 Å². The van der Waals surface area contributed by atoms with E-state index in [0.29, 0.717) is 12.0 Å². The molecule has 13 heavy (non-hydrogen) atoms. The van der Waals surface area contributed by atoms with Gasteiger partial charge >= 0.3 is 5.97 Å². The first-order valence-corrected chi connectivity index (χ1v) is 4.05. The molecule has 0 fully saturated rings. The predicted molar refractivity (Wildman–Crippen MR) is 45.1 cm³/mol. The van der Waals surface area contributed by atoms with E-state index >= 15 is 0 Å². The maximum atomic E-state index is 10.5. The van der Waals surface area contributed by atoms with Gasteiger partial charge in [0.15, 0.2) is 0 Å². The Kier molecular flexibility index (Phi) is 2.72. The van der Waals surface area contributed by atoms with Gasteiger partial charge in [-0.2, -0.15) is 0 Å². The third kappa shape index (κ3) is 2.09. The van der Waals surface area contributed by atoms with Crippen molar-refractivity contribution in [3.05, 3.63) is 24.2 Å². The van der Waals surface area contributed by atoms with Crippen molar-refractivity contribution in [3.63, 3.8) is 0 Å². The Morgan fingerprint density at radius 3 is 2.77 bits per heavy atom. The number of furan rings is 1. The highest BCUT2D eigenvalue weighted by molar-refractivity contribution is 5.68. The summed E-state index contributed by atoms with van der Waals surface area (Å²) in [5.41, 5.74) is -0.795. The lowest BCUT2D eigenvalue weighted by atomic mass is 9.90. The van der Waals surface area contributed by atoms with E-state index in [0.717, 1.165) is 0 Å². The summed E-state index contributed by atoms with van der Waals surface area (Å²) >= 11 is 0. The SMILES string of the molecule is CC[C@](O)(CC(=O)O)c1ccoc1. The fraction of sp³-hybridized carbons (Fsp3) is 0.444. The first kappa shape index (κ1) is 9.80. The van der Waals surface area contributed by atoms with Crippen molar-refractivity contribution in [2.24, 2.45) is 0 Å². The van der Waals surface area contributed by atoms with Gasteiger partial charge in [-0.15, -0.1) is 0 Å². The Morgan fingerprint density at radius 1 is 1.69 bits per heavy atom. The summed E-state index contributed by atoms with van der Waals surface area (Å²) in [4.78, 5) is 10.5. The highest BCUT2D eigenvalue weighted by Gasteiger charge is 2.31. The van der Waals surface area contributed by atoms with Gasteiger partial charge in [0.05, 0.1) is 18.9 Å². The minimum Gasteiger partial charge on any atom is -0.481 e. The van der Waals surface area contributed by atoms with Crippen LogP contribution in [0.25, 0.3) is 0 Å². The minimum atomic E-state index is -1.31. The topological polar surface area (TPSA) is 70.7 Å². The minimum absolute atomic E-state index is 0.303. The van der Waals surface area contributed by atoms with Gasteiger partial charge in [-0.3, -0.25) is 4.79 Å². The lowest BCUT2D eigenvalue weighted by molar-refractivity contribution is -0.143. The number of aliphatic hydroxyl groups is 1. The summed E-state index contributed by atoms with van der Waals surface area (Å²) in [6, 6.07) is 1.58. The van der Waals surface area contributed by atoms with Gasteiger partial charge in [-0.05, 0) is 12.5 Å². The van der Waals surface area contributed by atoms with E-state index in [-0.39, 0.29) is 6.42 Å². The molecule has 0 bridgehead atoms. The molecule has 0 amide bonds. The number of carboxylic acid groups (broad SMARTS) is 1. The Hall–Kier alpha value is -1.29. The molecule has 1 rings (SSSR count). The van der Waals surface area contributed by atoms with Gasteiger partial charge in [0.1, 0.15) is 5.60 Å². The van der Waals surface area contributed by atoms with Crippen molar-refractivity contribution >= 4 is 5.97 Å². The highest BCUT2D eigenvalue weighted by Crippen LogP contribution is 2.28. The van der Waals surface area contributed by atoms with Crippen LogP contribution in [0.5, 0.6) is 0 Å². The van der Waals surface area contributed by atoms with Crippen LogP contribution >= 0.6 is 0 Å².